The van der Waals surface area contributed by atoms with Crippen LogP contribution < -0.4 is 5.32 Å². The maximum atomic E-state index is 13.3. The van der Waals surface area contributed by atoms with Gasteiger partial charge in [0.2, 0.25) is 0 Å². The third kappa shape index (κ3) is 2.47. The van der Waals surface area contributed by atoms with Crippen LogP contribution in [0.4, 0.5) is 4.39 Å². The molecule has 2 rings (SSSR count). The molecule has 0 aliphatic rings. The Hall–Kier alpha value is -1.81. The molecule has 0 fully saturated rings. The lowest BCUT2D eigenvalue weighted by atomic mass is 9.97. The number of rotatable bonds is 3. The number of benzene rings is 1. The molecule has 0 radical (unpaired) electrons. The maximum absolute atomic E-state index is 13.3. The van der Waals surface area contributed by atoms with E-state index in [4.69, 9.17) is 0 Å². The van der Waals surface area contributed by atoms with Crippen molar-refractivity contribution in [3.63, 3.8) is 0 Å². The lowest BCUT2D eigenvalue weighted by molar-refractivity contribution is 0.620. The van der Waals surface area contributed by atoms with Crippen LogP contribution in [0.5, 0.6) is 0 Å². The number of hydrogen-bond donors (Lipinski definition) is 1. The third-order valence-electron chi connectivity index (χ3n) is 2.79. The van der Waals surface area contributed by atoms with Crippen molar-refractivity contribution in [1.29, 1.82) is 0 Å². The number of nitrogens with one attached hydrogen (secondary N) is 1. The molecule has 3 nitrogen and oxygen atoms in total. The standard InChI is InChI=1S/C13H14FN3/c1-9(15-2)12-4-3-11(14)5-13(12)10-6-16-8-17-7-10/h3-9,15H,1-2H3. The summed E-state index contributed by atoms with van der Waals surface area (Å²) < 4.78 is 13.3. The smallest absolute Gasteiger partial charge is 0.123 e. The quantitative estimate of drug-likeness (QED) is 0.882. The Labute approximate surface area is 99.7 Å². The van der Waals surface area contributed by atoms with Gasteiger partial charge in [0.15, 0.2) is 0 Å². The van der Waals surface area contributed by atoms with Gasteiger partial charge in [0.1, 0.15) is 12.1 Å². The first-order valence-corrected chi connectivity index (χ1v) is 5.44. The molecule has 0 aliphatic carbocycles. The van der Waals surface area contributed by atoms with E-state index < -0.39 is 0 Å². The molecule has 0 aliphatic heterocycles. The molecule has 1 unspecified atom stereocenters. The van der Waals surface area contributed by atoms with Gasteiger partial charge in [-0.05, 0) is 37.2 Å². The number of halogens is 1. The van der Waals surface area contributed by atoms with Gasteiger partial charge in [-0.1, -0.05) is 6.07 Å². The SMILES string of the molecule is CNC(C)c1ccc(F)cc1-c1cncnc1. The lowest BCUT2D eigenvalue weighted by Crippen LogP contribution is -2.13. The molecule has 0 amide bonds. The summed E-state index contributed by atoms with van der Waals surface area (Å²) in [6.07, 6.45) is 4.84. The minimum absolute atomic E-state index is 0.144. The van der Waals surface area contributed by atoms with Crippen molar-refractivity contribution in [1.82, 2.24) is 15.3 Å². The van der Waals surface area contributed by atoms with Gasteiger partial charge in [-0.2, -0.15) is 0 Å². The monoisotopic (exact) mass is 231 g/mol. The first-order valence-electron chi connectivity index (χ1n) is 5.44. The Bertz CT molecular complexity index is 499. The van der Waals surface area contributed by atoms with Gasteiger partial charge in [0.25, 0.3) is 0 Å². The molecule has 0 spiro atoms. The van der Waals surface area contributed by atoms with E-state index in [1.54, 1.807) is 18.5 Å². The molecule has 1 heterocycles. The summed E-state index contributed by atoms with van der Waals surface area (Å²) in [4.78, 5) is 7.93. The van der Waals surface area contributed by atoms with E-state index in [9.17, 15) is 4.39 Å². The van der Waals surface area contributed by atoms with Crippen molar-refractivity contribution in [2.75, 3.05) is 7.05 Å². The molecule has 17 heavy (non-hydrogen) atoms. The second-order valence-electron chi connectivity index (χ2n) is 3.87. The average molecular weight is 231 g/mol. The minimum Gasteiger partial charge on any atom is -0.313 e. The summed E-state index contributed by atoms with van der Waals surface area (Å²) in [5.74, 6) is -0.254. The number of hydrogen-bond acceptors (Lipinski definition) is 3. The summed E-state index contributed by atoms with van der Waals surface area (Å²) in [7, 11) is 1.87. The second kappa shape index (κ2) is 5.01. The van der Waals surface area contributed by atoms with Crippen LogP contribution in [0, 0.1) is 5.82 Å². The fourth-order valence-electron chi connectivity index (χ4n) is 1.75. The summed E-state index contributed by atoms with van der Waals surface area (Å²) in [6.45, 7) is 2.03. The van der Waals surface area contributed by atoms with Crippen molar-refractivity contribution >= 4 is 0 Å². The third-order valence-corrected chi connectivity index (χ3v) is 2.79. The highest BCUT2D eigenvalue weighted by atomic mass is 19.1. The van der Waals surface area contributed by atoms with Gasteiger partial charge in [-0.3, -0.25) is 0 Å². The summed E-state index contributed by atoms with van der Waals surface area (Å²) in [5.41, 5.74) is 2.68. The van der Waals surface area contributed by atoms with Crippen LogP contribution >= 0.6 is 0 Å². The molecule has 2 aromatic rings. The Morgan fingerprint density at radius 3 is 2.59 bits per heavy atom. The minimum atomic E-state index is -0.254. The van der Waals surface area contributed by atoms with E-state index in [1.165, 1.54) is 18.5 Å². The topological polar surface area (TPSA) is 37.8 Å². The number of aromatic nitrogens is 2. The van der Waals surface area contributed by atoms with Crippen LogP contribution in [0.2, 0.25) is 0 Å². The van der Waals surface area contributed by atoms with Gasteiger partial charge in [-0.25, -0.2) is 14.4 Å². The molecule has 88 valence electrons. The molecule has 1 N–H and O–H groups in total. The Balaban J connectivity index is 2.55. The zero-order chi connectivity index (χ0) is 12.3. The fraction of sp³-hybridized carbons (Fsp3) is 0.231. The molecule has 1 atom stereocenters. The molecular weight excluding hydrogens is 217 g/mol. The van der Waals surface area contributed by atoms with Crippen LogP contribution in [-0.4, -0.2) is 17.0 Å². The van der Waals surface area contributed by atoms with Crippen LogP contribution in [-0.2, 0) is 0 Å². The van der Waals surface area contributed by atoms with Gasteiger partial charge < -0.3 is 5.32 Å². The van der Waals surface area contributed by atoms with Crippen LogP contribution in [0.15, 0.2) is 36.9 Å². The highest BCUT2D eigenvalue weighted by Gasteiger charge is 2.11. The molecule has 0 saturated carbocycles. The predicted octanol–water partition coefficient (Wildman–Crippen LogP) is 2.56. The molecular formula is C13H14FN3. The summed E-state index contributed by atoms with van der Waals surface area (Å²) >= 11 is 0. The van der Waals surface area contributed by atoms with Crippen LogP contribution in [0.1, 0.15) is 18.5 Å². The molecule has 1 aromatic carbocycles. The van der Waals surface area contributed by atoms with Crippen LogP contribution in [0.3, 0.4) is 0 Å². The van der Waals surface area contributed by atoms with Gasteiger partial charge in [-0.15, -0.1) is 0 Å². The number of nitrogens with zero attached hydrogens (tertiary/aromatic N) is 2. The predicted molar refractivity (Wildman–Crippen MR) is 64.9 cm³/mol. The van der Waals surface area contributed by atoms with Crippen molar-refractivity contribution in [2.45, 2.75) is 13.0 Å². The Morgan fingerprint density at radius 1 is 1.24 bits per heavy atom. The van der Waals surface area contributed by atoms with Crippen molar-refractivity contribution < 1.29 is 4.39 Å². The van der Waals surface area contributed by atoms with E-state index >= 15 is 0 Å². The summed E-state index contributed by atoms with van der Waals surface area (Å²) in [5, 5.41) is 3.15. The largest absolute Gasteiger partial charge is 0.313 e. The van der Waals surface area contributed by atoms with Crippen LogP contribution in [0.25, 0.3) is 11.1 Å². The second-order valence-corrected chi connectivity index (χ2v) is 3.87. The van der Waals surface area contributed by atoms with Crippen molar-refractivity contribution in [2.24, 2.45) is 0 Å². The molecule has 4 heteroatoms. The van der Waals surface area contributed by atoms with Gasteiger partial charge in [0.05, 0.1) is 0 Å². The maximum Gasteiger partial charge on any atom is 0.123 e. The Morgan fingerprint density at radius 2 is 1.94 bits per heavy atom. The van der Waals surface area contributed by atoms with E-state index in [1.807, 2.05) is 14.0 Å². The normalized spacial score (nSPS) is 12.4. The average Bonchev–Trinajstić information content (AvgIpc) is 2.39. The molecule has 0 saturated heterocycles. The lowest BCUT2D eigenvalue weighted by Gasteiger charge is -2.15. The van der Waals surface area contributed by atoms with Gasteiger partial charge >= 0.3 is 0 Å². The highest BCUT2D eigenvalue weighted by molar-refractivity contribution is 5.66. The highest BCUT2D eigenvalue weighted by Crippen LogP contribution is 2.27. The first-order chi connectivity index (χ1) is 8.22. The van der Waals surface area contributed by atoms with Crippen molar-refractivity contribution in [3.8, 4) is 11.1 Å². The van der Waals surface area contributed by atoms with E-state index in [-0.39, 0.29) is 11.9 Å². The van der Waals surface area contributed by atoms with E-state index in [0.29, 0.717) is 0 Å². The first kappa shape index (κ1) is 11.7. The zero-order valence-corrected chi connectivity index (χ0v) is 9.81. The molecule has 1 aromatic heterocycles. The summed E-state index contributed by atoms with van der Waals surface area (Å²) in [6, 6.07) is 4.92. The zero-order valence-electron chi connectivity index (χ0n) is 9.81. The molecule has 0 bridgehead atoms. The van der Waals surface area contributed by atoms with E-state index in [0.717, 1.165) is 16.7 Å². The Kier molecular flexibility index (Phi) is 3.44. The fourth-order valence-corrected chi connectivity index (χ4v) is 1.75. The van der Waals surface area contributed by atoms with E-state index in [2.05, 4.69) is 15.3 Å². The van der Waals surface area contributed by atoms with Crippen molar-refractivity contribution in [3.05, 3.63) is 48.3 Å². The van der Waals surface area contributed by atoms with Gasteiger partial charge in [0, 0.05) is 24.0 Å².